The molecule has 2 heterocycles. The minimum Gasteiger partial charge on any atom is -0.345 e. The molecular weight excluding hydrogens is 260 g/mol. The summed E-state index contributed by atoms with van der Waals surface area (Å²) in [6.45, 7) is 0. The molecular formula is C18H14N2O. The van der Waals surface area contributed by atoms with Gasteiger partial charge in [0.1, 0.15) is 0 Å². The maximum atomic E-state index is 11.9. The van der Waals surface area contributed by atoms with Crippen LogP contribution in [-0.4, -0.2) is 10.9 Å². The Morgan fingerprint density at radius 3 is 2.71 bits per heavy atom. The van der Waals surface area contributed by atoms with E-state index in [-0.39, 0.29) is 11.9 Å². The number of hydrogen-bond donors (Lipinski definition) is 1. The molecule has 0 radical (unpaired) electrons. The van der Waals surface area contributed by atoms with Crippen LogP contribution in [0.15, 0.2) is 60.7 Å². The van der Waals surface area contributed by atoms with Crippen molar-refractivity contribution >= 4 is 16.8 Å². The summed E-state index contributed by atoms with van der Waals surface area (Å²) < 4.78 is 0. The first kappa shape index (κ1) is 12.1. The van der Waals surface area contributed by atoms with E-state index < -0.39 is 0 Å². The summed E-state index contributed by atoms with van der Waals surface area (Å²) in [6, 6.07) is 20.0. The van der Waals surface area contributed by atoms with E-state index in [1.165, 1.54) is 0 Å². The molecule has 1 aromatic heterocycles. The first-order valence-electron chi connectivity index (χ1n) is 7.06. The van der Waals surface area contributed by atoms with Crippen molar-refractivity contribution in [3.05, 3.63) is 77.5 Å². The molecule has 1 aliphatic heterocycles. The van der Waals surface area contributed by atoms with Crippen molar-refractivity contribution in [1.82, 2.24) is 10.3 Å². The number of aromatic nitrogens is 1. The van der Waals surface area contributed by atoms with Crippen LogP contribution in [0, 0.1) is 0 Å². The van der Waals surface area contributed by atoms with Gasteiger partial charge in [-0.15, -0.1) is 0 Å². The molecule has 0 fully saturated rings. The molecule has 0 spiro atoms. The van der Waals surface area contributed by atoms with Gasteiger partial charge in [0.2, 0.25) is 0 Å². The van der Waals surface area contributed by atoms with Crippen molar-refractivity contribution < 1.29 is 4.79 Å². The quantitative estimate of drug-likeness (QED) is 0.779. The van der Waals surface area contributed by atoms with Crippen LogP contribution in [0.4, 0.5) is 0 Å². The van der Waals surface area contributed by atoms with Gasteiger partial charge in [0, 0.05) is 23.1 Å². The Bertz CT molecular complexity index is 841. The number of nitrogens with one attached hydrogen (secondary N) is 1. The van der Waals surface area contributed by atoms with Crippen LogP contribution in [0.1, 0.15) is 27.7 Å². The second-order valence-electron chi connectivity index (χ2n) is 5.31. The standard InChI is InChI=1S/C18H14N2O/c21-18-15-7-3-2-6-14(15)17(20-18)11-13-10-9-12-5-1-4-8-16(12)19-13/h1-10,17H,11H2,(H,20,21). The van der Waals surface area contributed by atoms with Crippen LogP contribution in [0.25, 0.3) is 10.9 Å². The summed E-state index contributed by atoms with van der Waals surface area (Å²) in [7, 11) is 0. The fraction of sp³-hybridized carbons (Fsp3) is 0.111. The van der Waals surface area contributed by atoms with Gasteiger partial charge in [0.05, 0.1) is 11.6 Å². The summed E-state index contributed by atoms with van der Waals surface area (Å²) in [5.41, 5.74) is 3.84. The summed E-state index contributed by atoms with van der Waals surface area (Å²) >= 11 is 0. The molecule has 2 aromatic carbocycles. The molecule has 0 saturated carbocycles. The van der Waals surface area contributed by atoms with Gasteiger partial charge in [-0.1, -0.05) is 42.5 Å². The number of nitrogens with zero attached hydrogens (tertiary/aromatic N) is 1. The number of pyridine rings is 1. The van der Waals surface area contributed by atoms with E-state index >= 15 is 0 Å². The molecule has 0 aliphatic carbocycles. The molecule has 3 nitrogen and oxygen atoms in total. The number of benzene rings is 2. The zero-order chi connectivity index (χ0) is 14.2. The predicted octanol–water partition coefficient (Wildman–Crippen LogP) is 3.26. The third-order valence-electron chi connectivity index (χ3n) is 3.96. The lowest BCUT2D eigenvalue weighted by Crippen LogP contribution is -2.21. The zero-order valence-electron chi connectivity index (χ0n) is 11.4. The normalized spacial score (nSPS) is 16.8. The van der Waals surface area contributed by atoms with E-state index in [4.69, 9.17) is 0 Å². The number of carbonyl (C=O) groups is 1. The minimum atomic E-state index is 0.0105. The lowest BCUT2D eigenvalue weighted by Gasteiger charge is -2.11. The average molecular weight is 274 g/mol. The van der Waals surface area contributed by atoms with E-state index in [0.29, 0.717) is 6.42 Å². The van der Waals surface area contributed by atoms with Crippen molar-refractivity contribution in [2.45, 2.75) is 12.5 Å². The van der Waals surface area contributed by atoms with Crippen LogP contribution in [0.5, 0.6) is 0 Å². The lowest BCUT2D eigenvalue weighted by molar-refractivity contribution is 0.0956. The SMILES string of the molecule is O=C1NC(Cc2ccc3ccccc3n2)c2ccccc21. The van der Waals surface area contributed by atoms with Crippen LogP contribution in [0.2, 0.25) is 0 Å². The van der Waals surface area contributed by atoms with Gasteiger partial charge < -0.3 is 5.32 Å². The number of amides is 1. The monoisotopic (exact) mass is 274 g/mol. The van der Waals surface area contributed by atoms with Crippen molar-refractivity contribution in [2.75, 3.05) is 0 Å². The van der Waals surface area contributed by atoms with E-state index in [2.05, 4.69) is 22.4 Å². The van der Waals surface area contributed by atoms with Crippen molar-refractivity contribution in [1.29, 1.82) is 0 Å². The number of para-hydroxylation sites is 1. The third kappa shape index (κ3) is 2.07. The Labute approximate surface area is 122 Å². The molecule has 3 aromatic rings. The molecule has 1 amide bonds. The highest BCUT2D eigenvalue weighted by Gasteiger charge is 2.28. The molecule has 102 valence electrons. The Morgan fingerprint density at radius 2 is 1.76 bits per heavy atom. The lowest BCUT2D eigenvalue weighted by atomic mass is 10.0. The Morgan fingerprint density at radius 1 is 0.952 bits per heavy atom. The molecule has 1 aliphatic rings. The summed E-state index contributed by atoms with van der Waals surface area (Å²) in [6.07, 6.45) is 0.716. The number of carbonyl (C=O) groups excluding carboxylic acids is 1. The summed E-state index contributed by atoms with van der Waals surface area (Å²) in [4.78, 5) is 16.6. The maximum Gasteiger partial charge on any atom is 0.252 e. The second kappa shape index (κ2) is 4.70. The predicted molar refractivity (Wildman–Crippen MR) is 82.1 cm³/mol. The number of rotatable bonds is 2. The molecule has 1 atom stereocenters. The highest BCUT2D eigenvalue weighted by atomic mass is 16.2. The summed E-state index contributed by atoms with van der Waals surface area (Å²) in [5, 5.41) is 4.17. The Balaban J connectivity index is 1.68. The minimum absolute atomic E-state index is 0.0105. The van der Waals surface area contributed by atoms with Gasteiger partial charge >= 0.3 is 0 Å². The van der Waals surface area contributed by atoms with Gasteiger partial charge in [-0.25, -0.2) is 0 Å². The van der Waals surface area contributed by atoms with Gasteiger partial charge in [-0.2, -0.15) is 0 Å². The van der Waals surface area contributed by atoms with Crippen LogP contribution < -0.4 is 5.32 Å². The number of hydrogen-bond acceptors (Lipinski definition) is 2. The molecule has 21 heavy (non-hydrogen) atoms. The van der Waals surface area contributed by atoms with Crippen molar-refractivity contribution in [3.63, 3.8) is 0 Å². The van der Waals surface area contributed by atoms with E-state index in [1.54, 1.807) is 0 Å². The van der Waals surface area contributed by atoms with Crippen molar-refractivity contribution in [2.24, 2.45) is 0 Å². The van der Waals surface area contributed by atoms with E-state index in [0.717, 1.165) is 27.7 Å². The van der Waals surface area contributed by atoms with Crippen LogP contribution in [-0.2, 0) is 6.42 Å². The molecule has 1 N–H and O–H groups in total. The summed E-state index contributed by atoms with van der Waals surface area (Å²) in [5.74, 6) is 0.0105. The molecule has 0 bridgehead atoms. The Kier molecular flexibility index (Phi) is 2.71. The molecule has 0 saturated heterocycles. The smallest absolute Gasteiger partial charge is 0.252 e. The van der Waals surface area contributed by atoms with Crippen LogP contribution >= 0.6 is 0 Å². The number of fused-ring (bicyclic) bond motifs is 2. The highest BCUT2D eigenvalue weighted by molar-refractivity contribution is 5.99. The molecule has 4 rings (SSSR count). The zero-order valence-corrected chi connectivity index (χ0v) is 11.4. The van der Waals surface area contributed by atoms with E-state index in [9.17, 15) is 4.79 Å². The van der Waals surface area contributed by atoms with Gasteiger partial charge in [-0.3, -0.25) is 9.78 Å². The first-order valence-corrected chi connectivity index (χ1v) is 7.06. The fourth-order valence-corrected chi connectivity index (χ4v) is 2.91. The van der Waals surface area contributed by atoms with Crippen molar-refractivity contribution in [3.8, 4) is 0 Å². The van der Waals surface area contributed by atoms with Crippen LogP contribution in [0.3, 0.4) is 0 Å². The largest absolute Gasteiger partial charge is 0.345 e. The van der Waals surface area contributed by atoms with Gasteiger partial charge in [-0.05, 0) is 23.8 Å². The fourth-order valence-electron chi connectivity index (χ4n) is 2.91. The molecule has 1 unspecified atom stereocenters. The highest BCUT2D eigenvalue weighted by Crippen LogP contribution is 2.27. The van der Waals surface area contributed by atoms with Gasteiger partial charge in [0.15, 0.2) is 0 Å². The maximum absolute atomic E-state index is 11.9. The molecule has 3 heteroatoms. The Hall–Kier alpha value is -2.68. The topological polar surface area (TPSA) is 42.0 Å². The second-order valence-corrected chi connectivity index (χ2v) is 5.31. The van der Waals surface area contributed by atoms with Gasteiger partial charge in [0.25, 0.3) is 5.91 Å². The first-order chi connectivity index (χ1) is 10.3. The van der Waals surface area contributed by atoms with E-state index in [1.807, 2.05) is 48.5 Å². The third-order valence-corrected chi connectivity index (χ3v) is 3.96. The average Bonchev–Trinajstić information content (AvgIpc) is 2.84.